The van der Waals surface area contributed by atoms with Crippen LogP contribution in [0.15, 0.2) is 17.0 Å². The summed E-state index contributed by atoms with van der Waals surface area (Å²) in [6.07, 6.45) is 0. The number of halogens is 2. The third-order valence-electron chi connectivity index (χ3n) is 1.79. The molecule has 17 heavy (non-hydrogen) atoms. The standard InChI is InChI=1S/C7H8Cl2N2O4S2/c1-4-2-5(16(9,12)13)3-6(8)7(4)11-17(10,14)15/h2-3,11H,1H3,(H2,10,14,15). The van der Waals surface area contributed by atoms with Crippen molar-refractivity contribution in [1.29, 1.82) is 0 Å². The van der Waals surface area contributed by atoms with Crippen LogP contribution in [0, 0.1) is 6.92 Å². The van der Waals surface area contributed by atoms with Crippen LogP contribution in [0.3, 0.4) is 0 Å². The first-order valence-electron chi connectivity index (χ1n) is 4.06. The van der Waals surface area contributed by atoms with Crippen LogP contribution >= 0.6 is 22.3 Å². The van der Waals surface area contributed by atoms with Crippen LogP contribution in [0.25, 0.3) is 0 Å². The summed E-state index contributed by atoms with van der Waals surface area (Å²) >= 11 is 5.74. The maximum atomic E-state index is 11.1. The summed E-state index contributed by atoms with van der Waals surface area (Å²) in [5.74, 6) is 0. The van der Waals surface area contributed by atoms with E-state index in [9.17, 15) is 16.8 Å². The first-order chi connectivity index (χ1) is 7.50. The van der Waals surface area contributed by atoms with Crippen LogP contribution in [-0.2, 0) is 19.3 Å². The van der Waals surface area contributed by atoms with Gasteiger partial charge in [-0.2, -0.15) is 8.42 Å². The second kappa shape index (κ2) is 4.62. The molecule has 0 saturated heterocycles. The van der Waals surface area contributed by atoms with Crippen LogP contribution < -0.4 is 9.86 Å². The van der Waals surface area contributed by atoms with Crippen LogP contribution in [-0.4, -0.2) is 16.8 Å². The average Bonchev–Trinajstić information content (AvgIpc) is 2.07. The number of hydrogen-bond acceptors (Lipinski definition) is 4. The Bertz CT molecular complexity index is 631. The first-order valence-corrected chi connectivity index (χ1v) is 8.29. The number of nitrogens with two attached hydrogens (primary N) is 1. The van der Waals surface area contributed by atoms with Crippen molar-refractivity contribution < 1.29 is 16.8 Å². The molecule has 10 heteroatoms. The van der Waals surface area contributed by atoms with Crippen molar-refractivity contribution >= 4 is 47.2 Å². The lowest BCUT2D eigenvalue weighted by Crippen LogP contribution is -2.22. The van der Waals surface area contributed by atoms with Crippen molar-refractivity contribution in [2.75, 3.05) is 4.72 Å². The second-order valence-corrected chi connectivity index (χ2v) is 7.45. The van der Waals surface area contributed by atoms with Crippen LogP contribution in [0.2, 0.25) is 5.02 Å². The SMILES string of the molecule is Cc1cc(S(=O)(=O)Cl)cc(Cl)c1NS(N)(=O)=O. The fourth-order valence-electron chi connectivity index (χ4n) is 1.12. The molecule has 0 atom stereocenters. The number of nitrogens with one attached hydrogen (secondary N) is 1. The molecule has 96 valence electrons. The minimum absolute atomic E-state index is 0.0123. The second-order valence-electron chi connectivity index (χ2n) is 3.18. The van der Waals surface area contributed by atoms with Gasteiger partial charge in [-0.25, -0.2) is 13.6 Å². The summed E-state index contributed by atoms with van der Waals surface area (Å²) in [5.41, 5.74) is 0.295. The summed E-state index contributed by atoms with van der Waals surface area (Å²) in [6, 6.07) is 2.21. The van der Waals surface area contributed by atoms with E-state index >= 15 is 0 Å². The molecule has 0 fully saturated rings. The van der Waals surface area contributed by atoms with Crippen molar-refractivity contribution in [3.63, 3.8) is 0 Å². The molecule has 0 amide bonds. The van der Waals surface area contributed by atoms with Gasteiger partial charge in [0.05, 0.1) is 15.6 Å². The zero-order valence-corrected chi connectivity index (χ0v) is 11.6. The van der Waals surface area contributed by atoms with E-state index in [2.05, 4.69) is 0 Å². The molecule has 1 rings (SSSR count). The zero-order chi connectivity index (χ0) is 13.4. The fourth-order valence-corrected chi connectivity index (χ4v) is 2.96. The lowest BCUT2D eigenvalue weighted by atomic mass is 10.2. The maximum absolute atomic E-state index is 11.1. The first kappa shape index (κ1) is 14.5. The Morgan fingerprint density at radius 3 is 2.12 bits per heavy atom. The normalized spacial score (nSPS) is 12.5. The van der Waals surface area contributed by atoms with Gasteiger partial charge in [-0.1, -0.05) is 11.6 Å². The summed E-state index contributed by atoms with van der Waals surface area (Å²) in [7, 11) is -2.78. The number of rotatable bonds is 3. The number of aryl methyl sites for hydroxylation is 1. The molecule has 1 aromatic rings. The lowest BCUT2D eigenvalue weighted by Gasteiger charge is -2.10. The van der Waals surface area contributed by atoms with Gasteiger partial charge in [0, 0.05) is 10.7 Å². The van der Waals surface area contributed by atoms with E-state index in [0.29, 0.717) is 0 Å². The molecule has 0 aliphatic heterocycles. The van der Waals surface area contributed by atoms with Gasteiger partial charge in [-0.3, -0.25) is 4.72 Å². The van der Waals surface area contributed by atoms with E-state index in [4.69, 9.17) is 27.4 Å². The van der Waals surface area contributed by atoms with Crippen molar-refractivity contribution in [2.45, 2.75) is 11.8 Å². The smallest absolute Gasteiger partial charge is 0.269 e. The van der Waals surface area contributed by atoms with Gasteiger partial charge in [-0.15, -0.1) is 0 Å². The topological polar surface area (TPSA) is 106 Å². The molecule has 3 N–H and O–H groups in total. The van der Waals surface area contributed by atoms with Crippen molar-refractivity contribution in [2.24, 2.45) is 5.14 Å². The quantitative estimate of drug-likeness (QED) is 0.816. The van der Waals surface area contributed by atoms with Crippen molar-refractivity contribution in [3.05, 3.63) is 22.7 Å². The Morgan fingerprint density at radius 1 is 1.24 bits per heavy atom. The third kappa shape index (κ3) is 4.00. The van der Waals surface area contributed by atoms with Crippen LogP contribution in [0.1, 0.15) is 5.56 Å². The molecule has 0 unspecified atom stereocenters. The van der Waals surface area contributed by atoms with Gasteiger partial charge in [0.2, 0.25) is 0 Å². The highest BCUT2D eigenvalue weighted by molar-refractivity contribution is 8.13. The van der Waals surface area contributed by atoms with E-state index in [1.54, 1.807) is 0 Å². The molecule has 0 saturated carbocycles. The number of benzene rings is 1. The number of anilines is 1. The largest absolute Gasteiger partial charge is 0.296 e. The fraction of sp³-hybridized carbons (Fsp3) is 0.143. The maximum Gasteiger partial charge on any atom is 0.296 e. The minimum Gasteiger partial charge on any atom is -0.269 e. The average molecular weight is 319 g/mol. The van der Waals surface area contributed by atoms with Gasteiger partial charge in [0.1, 0.15) is 0 Å². The summed E-state index contributed by atoms with van der Waals surface area (Å²) in [4.78, 5) is -0.221. The van der Waals surface area contributed by atoms with Gasteiger partial charge in [-0.05, 0) is 24.6 Å². The van der Waals surface area contributed by atoms with E-state index in [1.165, 1.54) is 13.0 Å². The molecule has 0 heterocycles. The molecule has 0 aliphatic rings. The molecule has 0 radical (unpaired) electrons. The molecule has 0 spiro atoms. The lowest BCUT2D eigenvalue weighted by molar-refractivity contribution is 0.602. The minimum atomic E-state index is -3.99. The molecule has 0 aliphatic carbocycles. The Hall–Kier alpha value is -0.540. The molecule has 1 aromatic carbocycles. The predicted octanol–water partition coefficient (Wildman–Crippen LogP) is 1.19. The molecule has 0 bridgehead atoms. The number of hydrogen-bond donors (Lipinski definition) is 2. The van der Waals surface area contributed by atoms with Gasteiger partial charge >= 0.3 is 0 Å². The summed E-state index contributed by atoms with van der Waals surface area (Å²) < 4.78 is 45.8. The molecular formula is C7H8Cl2N2O4S2. The van der Waals surface area contributed by atoms with Crippen molar-refractivity contribution in [3.8, 4) is 0 Å². The van der Waals surface area contributed by atoms with Gasteiger partial charge < -0.3 is 0 Å². The Morgan fingerprint density at radius 2 is 1.76 bits per heavy atom. The zero-order valence-electron chi connectivity index (χ0n) is 8.44. The molecular weight excluding hydrogens is 311 g/mol. The highest BCUT2D eigenvalue weighted by Crippen LogP contribution is 2.30. The Kier molecular flexibility index (Phi) is 3.94. The predicted molar refractivity (Wildman–Crippen MR) is 66.0 cm³/mol. The molecule has 6 nitrogen and oxygen atoms in total. The van der Waals surface area contributed by atoms with Crippen LogP contribution in [0.4, 0.5) is 5.69 Å². The van der Waals surface area contributed by atoms with Crippen molar-refractivity contribution in [1.82, 2.24) is 0 Å². The monoisotopic (exact) mass is 318 g/mol. The summed E-state index contributed by atoms with van der Waals surface area (Å²) in [5, 5.41) is 4.67. The van der Waals surface area contributed by atoms with E-state index in [-0.39, 0.29) is 21.2 Å². The highest BCUT2D eigenvalue weighted by atomic mass is 35.7. The Balaban J connectivity index is 3.40. The highest BCUT2D eigenvalue weighted by Gasteiger charge is 2.16. The van der Waals surface area contributed by atoms with Gasteiger partial charge in [0.15, 0.2) is 0 Å². The third-order valence-corrected chi connectivity index (χ3v) is 3.91. The molecule has 0 aromatic heterocycles. The van der Waals surface area contributed by atoms with E-state index in [1.807, 2.05) is 4.72 Å². The van der Waals surface area contributed by atoms with E-state index < -0.39 is 19.3 Å². The van der Waals surface area contributed by atoms with Gasteiger partial charge in [0.25, 0.3) is 19.3 Å². The summed E-state index contributed by atoms with van der Waals surface area (Å²) in [6.45, 7) is 1.46. The Labute approximate surface area is 108 Å². The van der Waals surface area contributed by atoms with E-state index in [0.717, 1.165) is 6.07 Å². The van der Waals surface area contributed by atoms with Crippen LogP contribution in [0.5, 0.6) is 0 Å².